The third-order valence-electron chi connectivity index (χ3n) is 5.01. The molecule has 0 radical (unpaired) electrons. The van der Waals surface area contributed by atoms with Crippen LogP contribution in [0.2, 0.25) is 0 Å². The Morgan fingerprint density at radius 1 is 1.20 bits per heavy atom. The van der Waals surface area contributed by atoms with E-state index in [1.54, 1.807) is 11.3 Å². The van der Waals surface area contributed by atoms with Crippen molar-refractivity contribution in [1.82, 2.24) is 0 Å². The topological polar surface area (TPSA) is 46.5 Å². The smallest absolute Gasteiger partial charge is 0.303 e. The van der Waals surface area contributed by atoms with Gasteiger partial charge in [-0.3, -0.25) is 4.79 Å². The summed E-state index contributed by atoms with van der Waals surface area (Å²) in [6.07, 6.45) is 4.19. The van der Waals surface area contributed by atoms with Crippen LogP contribution in [0.15, 0.2) is 35.2 Å². The van der Waals surface area contributed by atoms with Crippen LogP contribution in [0.25, 0.3) is 5.57 Å². The summed E-state index contributed by atoms with van der Waals surface area (Å²) >= 11 is 1.80. The Kier molecular flexibility index (Phi) is 5.59. The fourth-order valence-electron chi connectivity index (χ4n) is 3.40. The van der Waals surface area contributed by atoms with E-state index in [0.717, 1.165) is 35.3 Å². The lowest BCUT2D eigenvalue weighted by Gasteiger charge is -2.15. The summed E-state index contributed by atoms with van der Waals surface area (Å²) in [5.41, 5.74) is 6.21. The monoisotopic (exact) mass is 356 g/mol. The van der Waals surface area contributed by atoms with E-state index in [9.17, 15) is 4.79 Å². The summed E-state index contributed by atoms with van der Waals surface area (Å²) in [6.45, 7) is 4.74. The molecule has 3 rings (SSSR count). The van der Waals surface area contributed by atoms with E-state index in [4.69, 9.17) is 9.84 Å². The summed E-state index contributed by atoms with van der Waals surface area (Å²) in [7, 11) is 0. The van der Waals surface area contributed by atoms with Gasteiger partial charge in [-0.1, -0.05) is 12.1 Å². The van der Waals surface area contributed by atoms with Gasteiger partial charge in [0.15, 0.2) is 0 Å². The van der Waals surface area contributed by atoms with Gasteiger partial charge < -0.3 is 9.84 Å². The summed E-state index contributed by atoms with van der Waals surface area (Å²) in [5, 5.41) is 11.0. The molecule has 0 spiro atoms. The first kappa shape index (κ1) is 17.7. The van der Waals surface area contributed by atoms with E-state index < -0.39 is 5.97 Å². The largest absolute Gasteiger partial charge is 0.489 e. The average Bonchev–Trinajstić information content (AvgIpc) is 3.25. The van der Waals surface area contributed by atoms with Crippen LogP contribution in [0.1, 0.15) is 47.3 Å². The number of ether oxygens (including phenoxy) is 1. The number of benzene rings is 1. The molecule has 1 aliphatic carbocycles. The van der Waals surface area contributed by atoms with Crippen molar-refractivity contribution in [3.8, 4) is 5.75 Å². The van der Waals surface area contributed by atoms with E-state index in [2.05, 4.69) is 24.4 Å². The highest BCUT2D eigenvalue weighted by molar-refractivity contribution is 7.11. The molecule has 1 heterocycles. The number of hydrogen-bond acceptors (Lipinski definition) is 3. The Morgan fingerprint density at radius 3 is 2.76 bits per heavy atom. The Hall–Kier alpha value is -2.07. The zero-order valence-electron chi connectivity index (χ0n) is 14.8. The van der Waals surface area contributed by atoms with E-state index >= 15 is 0 Å². The van der Waals surface area contributed by atoms with Crippen LogP contribution in [-0.2, 0) is 11.2 Å². The van der Waals surface area contributed by atoms with Gasteiger partial charge in [0.05, 0.1) is 0 Å². The van der Waals surface area contributed by atoms with Gasteiger partial charge in [-0.15, -0.1) is 11.3 Å². The molecule has 1 aromatic carbocycles. The van der Waals surface area contributed by atoms with Crippen LogP contribution in [0.5, 0.6) is 5.75 Å². The molecule has 0 saturated heterocycles. The number of carboxylic acid groups (broad SMARTS) is 1. The maximum Gasteiger partial charge on any atom is 0.303 e. The van der Waals surface area contributed by atoms with Gasteiger partial charge in [0.1, 0.15) is 12.4 Å². The Bertz CT molecular complexity index is 788. The number of hydrogen-bond donors (Lipinski definition) is 1. The van der Waals surface area contributed by atoms with Crippen LogP contribution in [0, 0.1) is 13.8 Å². The molecule has 0 unspecified atom stereocenters. The summed E-state index contributed by atoms with van der Waals surface area (Å²) in [6, 6.07) is 8.29. The molecule has 3 nitrogen and oxygen atoms in total. The highest BCUT2D eigenvalue weighted by Gasteiger charge is 2.18. The molecule has 0 aliphatic heterocycles. The molecular weight excluding hydrogens is 332 g/mol. The number of rotatable bonds is 7. The van der Waals surface area contributed by atoms with Crippen LogP contribution in [-0.4, -0.2) is 17.7 Å². The fourth-order valence-corrected chi connectivity index (χ4v) is 4.25. The van der Waals surface area contributed by atoms with Gasteiger partial charge in [0, 0.05) is 11.3 Å². The van der Waals surface area contributed by atoms with E-state index in [1.165, 1.54) is 22.4 Å². The third-order valence-corrected chi connectivity index (χ3v) is 5.94. The standard InChI is InChI=1S/C21H24O3S/c1-14-15(2)19(10-8-16(14)9-11-21(22)23)24-13-17-5-3-6-18(17)20-7-4-12-25-20/h4,7-8,10,12H,3,5-6,9,11,13H2,1-2H3,(H,22,23). The van der Waals surface area contributed by atoms with Crippen LogP contribution in [0.3, 0.4) is 0 Å². The van der Waals surface area contributed by atoms with Gasteiger partial charge in [0.2, 0.25) is 0 Å². The van der Waals surface area contributed by atoms with Crippen molar-refractivity contribution in [3.63, 3.8) is 0 Å². The number of aryl methyl sites for hydroxylation is 1. The Labute approximate surface area is 153 Å². The summed E-state index contributed by atoms with van der Waals surface area (Å²) < 4.78 is 6.14. The number of thiophene rings is 1. The number of aliphatic carboxylic acids is 1. The molecule has 0 amide bonds. The Morgan fingerprint density at radius 2 is 2.04 bits per heavy atom. The fraction of sp³-hybridized carbons (Fsp3) is 0.381. The second-order valence-corrected chi connectivity index (χ2v) is 7.52. The predicted octanol–water partition coefficient (Wildman–Crippen LogP) is 5.40. The van der Waals surface area contributed by atoms with Crippen LogP contribution < -0.4 is 4.74 Å². The second kappa shape index (κ2) is 7.87. The van der Waals surface area contributed by atoms with Crippen molar-refractivity contribution >= 4 is 22.9 Å². The normalized spacial score (nSPS) is 14.2. The number of carboxylic acids is 1. The molecule has 1 aliphatic rings. The zero-order chi connectivity index (χ0) is 17.8. The van der Waals surface area contributed by atoms with E-state index in [-0.39, 0.29) is 6.42 Å². The number of allylic oxidation sites excluding steroid dienone is 1. The van der Waals surface area contributed by atoms with Crippen LogP contribution in [0.4, 0.5) is 0 Å². The molecule has 0 bridgehead atoms. The first-order valence-electron chi connectivity index (χ1n) is 8.74. The lowest BCUT2D eigenvalue weighted by atomic mass is 9.99. The highest BCUT2D eigenvalue weighted by atomic mass is 32.1. The number of carbonyl (C=O) groups is 1. The minimum Gasteiger partial charge on any atom is -0.489 e. The first-order chi connectivity index (χ1) is 12.1. The van der Waals surface area contributed by atoms with Gasteiger partial charge in [-0.25, -0.2) is 0 Å². The summed E-state index contributed by atoms with van der Waals surface area (Å²) in [5.74, 6) is 0.146. The molecule has 2 aromatic rings. The van der Waals surface area contributed by atoms with E-state index in [1.807, 2.05) is 19.1 Å². The lowest BCUT2D eigenvalue weighted by Crippen LogP contribution is -2.05. The van der Waals surface area contributed by atoms with Crippen molar-refractivity contribution < 1.29 is 14.6 Å². The van der Waals surface area contributed by atoms with Crippen molar-refractivity contribution in [2.45, 2.75) is 46.0 Å². The molecule has 132 valence electrons. The average molecular weight is 356 g/mol. The Balaban J connectivity index is 1.72. The van der Waals surface area contributed by atoms with Gasteiger partial charge in [-0.05, 0) is 84.9 Å². The SMILES string of the molecule is Cc1c(CCC(=O)O)ccc(OCC2=C(c3cccs3)CCC2)c1C. The molecule has 0 saturated carbocycles. The molecule has 1 aromatic heterocycles. The highest BCUT2D eigenvalue weighted by Crippen LogP contribution is 2.36. The van der Waals surface area contributed by atoms with Crippen LogP contribution >= 0.6 is 11.3 Å². The molecule has 1 N–H and O–H groups in total. The molecule has 25 heavy (non-hydrogen) atoms. The van der Waals surface area contributed by atoms with Crippen molar-refractivity contribution in [3.05, 3.63) is 56.8 Å². The van der Waals surface area contributed by atoms with Gasteiger partial charge >= 0.3 is 5.97 Å². The molecule has 0 fully saturated rings. The van der Waals surface area contributed by atoms with Crippen molar-refractivity contribution in [2.24, 2.45) is 0 Å². The molecule has 0 atom stereocenters. The van der Waals surface area contributed by atoms with Crippen molar-refractivity contribution in [1.29, 1.82) is 0 Å². The summed E-state index contributed by atoms with van der Waals surface area (Å²) in [4.78, 5) is 12.2. The zero-order valence-corrected chi connectivity index (χ0v) is 15.6. The minimum absolute atomic E-state index is 0.164. The molecule has 4 heteroatoms. The van der Waals surface area contributed by atoms with E-state index in [0.29, 0.717) is 13.0 Å². The van der Waals surface area contributed by atoms with Gasteiger partial charge in [0.25, 0.3) is 0 Å². The maximum atomic E-state index is 10.8. The third kappa shape index (κ3) is 4.13. The maximum absolute atomic E-state index is 10.8. The second-order valence-electron chi connectivity index (χ2n) is 6.57. The predicted molar refractivity (Wildman–Crippen MR) is 102 cm³/mol. The first-order valence-corrected chi connectivity index (χ1v) is 9.62. The quantitative estimate of drug-likeness (QED) is 0.722. The van der Waals surface area contributed by atoms with Crippen molar-refractivity contribution in [2.75, 3.05) is 6.61 Å². The molecular formula is C21H24O3S. The lowest BCUT2D eigenvalue weighted by molar-refractivity contribution is -0.136. The van der Waals surface area contributed by atoms with Gasteiger partial charge in [-0.2, -0.15) is 0 Å². The minimum atomic E-state index is -0.758.